The van der Waals surface area contributed by atoms with Crippen molar-refractivity contribution in [3.63, 3.8) is 0 Å². The maximum Gasteiger partial charge on any atom is 0.328 e. The second kappa shape index (κ2) is 18.3. The van der Waals surface area contributed by atoms with Crippen LogP contribution in [0.3, 0.4) is 0 Å². The Morgan fingerprint density at radius 3 is 1.85 bits per heavy atom. The maximum absolute atomic E-state index is 13.0. The summed E-state index contributed by atoms with van der Waals surface area (Å²) in [6.07, 6.45) is -0.101. The number of nitrogens with one attached hydrogen (secondary N) is 2. The number of aliphatic hydroxyl groups excluding tert-OH is 1. The van der Waals surface area contributed by atoms with E-state index in [1.165, 1.54) is 18.2 Å². The number of aliphatic hydroxyl groups is 1. The Kier molecular flexibility index (Phi) is 12.8. The fourth-order valence-corrected chi connectivity index (χ4v) is 6.42. The minimum Gasteiger partial charge on any atom is -0.467 e. The van der Waals surface area contributed by atoms with E-state index in [2.05, 4.69) is 64.1 Å². The molecule has 268 valence electrons. The minimum atomic E-state index is -0.848. The van der Waals surface area contributed by atoms with Gasteiger partial charge in [-0.05, 0) is 39.9 Å². The summed E-state index contributed by atoms with van der Waals surface area (Å²) in [6, 6.07) is 44.2. The van der Waals surface area contributed by atoms with Crippen LogP contribution in [0.2, 0.25) is 0 Å². The number of urea groups is 1. The molecule has 9 nitrogen and oxygen atoms in total. The van der Waals surface area contributed by atoms with E-state index in [1.54, 1.807) is 12.1 Å². The smallest absolute Gasteiger partial charge is 0.328 e. The number of hydrogen-bond acceptors (Lipinski definition) is 7. The highest BCUT2D eigenvalue weighted by Gasteiger charge is 2.33. The molecular weight excluding hydrogens is 654 g/mol. The van der Waals surface area contributed by atoms with Crippen molar-refractivity contribution in [2.45, 2.75) is 57.1 Å². The summed E-state index contributed by atoms with van der Waals surface area (Å²) in [5, 5.41) is 15.2. The van der Waals surface area contributed by atoms with Crippen molar-refractivity contribution in [1.82, 2.24) is 10.2 Å². The molecule has 5 aromatic rings. The van der Waals surface area contributed by atoms with Crippen molar-refractivity contribution in [1.29, 1.82) is 0 Å². The molecular formula is C43H45N3O6. The van der Waals surface area contributed by atoms with Crippen LogP contribution in [0.15, 0.2) is 140 Å². The van der Waals surface area contributed by atoms with Gasteiger partial charge in [0.1, 0.15) is 6.04 Å². The topological polar surface area (TPSA) is 109 Å². The van der Waals surface area contributed by atoms with Crippen molar-refractivity contribution in [2.75, 3.05) is 19.0 Å². The van der Waals surface area contributed by atoms with Gasteiger partial charge >= 0.3 is 12.0 Å². The summed E-state index contributed by atoms with van der Waals surface area (Å²) in [4.78, 5) is 27.8. The number of rotatable bonds is 14. The fourth-order valence-electron chi connectivity index (χ4n) is 6.42. The van der Waals surface area contributed by atoms with Gasteiger partial charge in [0.15, 0.2) is 6.29 Å². The van der Waals surface area contributed by atoms with Gasteiger partial charge in [0.05, 0.1) is 25.9 Å². The van der Waals surface area contributed by atoms with E-state index in [4.69, 9.17) is 14.2 Å². The van der Waals surface area contributed by atoms with Gasteiger partial charge in [0.2, 0.25) is 0 Å². The summed E-state index contributed by atoms with van der Waals surface area (Å²) in [5.74, 6) is -0.526. The third-order valence-corrected chi connectivity index (χ3v) is 9.09. The van der Waals surface area contributed by atoms with Gasteiger partial charge in [-0.25, -0.2) is 9.59 Å². The van der Waals surface area contributed by atoms with Crippen molar-refractivity contribution in [2.24, 2.45) is 0 Å². The van der Waals surface area contributed by atoms with E-state index >= 15 is 0 Å². The van der Waals surface area contributed by atoms with Gasteiger partial charge in [-0.2, -0.15) is 0 Å². The molecule has 0 bridgehead atoms. The summed E-state index contributed by atoms with van der Waals surface area (Å²) >= 11 is 0. The Morgan fingerprint density at radius 1 is 0.731 bits per heavy atom. The number of ether oxygens (including phenoxy) is 3. The summed E-state index contributed by atoms with van der Waals surface area (Å²) in [6.45, 7) is 2.19. The molecule has 1 fully saturated rings. The van der Waals surface area contributed by atoms with Crippen LogP contribution < -0.4 is 10.6 Å². The van der Waals surface area contributed by atoms with Crippen LogP contribution in [0.5, 0.6) is 0 Å². The van der Waals surface area contributed by atoms with E-state index in [0.29, 0.717) is 25.1 Å². The van der Waals surface area contributed by atoms with E-state index in [1.807, 2.05) is 78.9 Å². The molecule has 1 saturated heterocycles. The highest BCUT2D eigenvalue weighted by molar-refractivity contribution is 5.92. The summed E-state index contributed by atoms with van der Waals surface area (Å²) in [7, 11) is 1.30. The van der Waals surface area contributed by atoms with Crippen LogP contribution in [0, 0.1) is 0 Å². The van der Waals surface area contributed by atoms with E-state index in [9.17, 15) is 14.7 Å². The highest BCUT2D eigenvalue weighted by atomic mass is 16.7. The van der Waals surface area contributed by atoms with E-state index < -0.39 is 24.3 Å². The van der Waals surface area contributed by atoms with Gasteiger partial charge in [0, 0.05) is 43.7 Å². The second-order valence-corrected chi connectivity index (χ2v) is 13.0. The normalized spacial score (nSPS) is 17.6. The molecule has 5 aromatic carbocycles. The van der Waals surface area contributed by atoms with Crippen LogP contribution >= 0.6 is 0 Å². The average Bonchev–Trinajstić information content (AvgIpc) is 3.18. The SMILES string of the molecule is COC(=O)C(Cc1ccccc1)NC(=O)Nc1ccc(C2OC(CN(Cc3ccccc3)Cc3ccccc3)CC(c3ccc(CO)cc3)O2)cc1. The number of benzene rings is 5. The summed E-state index contributed by atoms with van der Waals surface area (Å²) in [5.41, 5.74) is 6.56. The Bertz CT molecular complexity index is 1800. The minimum absolute atomic E-state index is 0.0249. The van der Waals surface area contributed by atoms with Crippen molar-refractivity contribution in [3.05, 3.63) is 173 Å². The lowest BCUT2D eigenvalue weighted by molar-refractivity contribution is -0.253. The van der Waals surface area contributed by atoms with Gasteiger partial charge in [-0.15, -0.1) is 0 Å². The zero-order valence-electron chi connectivity index (χ0n) is 29.3. The molecule has 1 aliphatic rings. The van der Waals surface area contributed by atoms with E-state index in [-0.39, 0.29) is 18.8 Å². The van der Waals surface area contributed by atoms with Crippen molar-refractivity contribution >= 4 is 17.7 Å². The molecule has 2 amide bonds. The Hall–Kier alpha value is -5.32. The fraction of sp³-hybridized carbons (Fsp3) is 0.256. The number of esters is 1. The first-order chi connectivity index (χ1) is 25.4. The molecule has 0 radical (unpaired) electrons. The number of methoxy groups -OCH3 is 1. The number of carbonyl (C=O) groups is 2. The largest absolute Gasteiger partial charge is 0.467 e. The predicted octanol–water partition coefficient (Wildman–Crippen LogP) is 7.33. The number of carbonyl (C=O) groups excluding carboxylic acids is 2. The van der Waals surface area contributed by atoms with Crippen LogP contribution in [-0.4, -0.2) is 47.8 Å². The first kappa shape index (κ1) is 36.5. The molecule has 3 N–H and O–H groups in total. The maximum atomic E-state index is 13.0. The molecule has 6 rings (SSSR count). The van der Waals surface area contributed by atoms with Crippen LogP contribution in [0.1, 0.15) is 52.2 Å². The molecule has 4 atom stereocenters. The molecule has 0 aromatic heterocycles. The standard InChI is InChI=1S/C43H45N3O6/c1-50-41(48)39(25-31-11-5-2-6-12-31)45-43(49)44-37-23-21-36(22-24-37)42-51-38(26-40(52-42)35-19-17-34(30-47)18-20-35)29-46(27-32-13-7-3-8-14-32)28-33-15-9-4-10-16-33/h2-24,38-40,42,47H,25-30H2,1H3,(H2,44,45,49). The molecule has 9 heteroatoms. The third-order valence-electron chi connectivity index (χ3n) is 9.09. The average molecular weight is 700 g/mol. The van der Waals surface area contributed by atoms with Gasteiger partial charge in [0.25, 0.3) is 0 Å². The van der Waals surface area contributed by atoms with Gasteiger partial charge < -0.3 is 30.0 Å². The second-order valence-electron chi connectivity index (χ2n) is 13.0. The number of nitrogens with zero attached hydrogens (tertiary/aromatic N) is 1. The van der Waals surface area contributed by atoms with Crippen LogP contribution in [0.25, 0.3) is 0 Å². The van der Waals surface area contributed by atoms with Gasteiger partial charge in [-0.1, -0.05) is 127 Å². The molecule has 0 saturated carbocycles. The molecule has 52 heavy (non-hydrogen) atoms. The summed E-state index contributed by atoms with van der Waals surface area (Å²) < 4.78 is 18.2. The Balaban J connectivity index is 1.17. The number of hydrogen-bond donors (Lipinski definition) is 3. The van der Waals surface area contributed by atoms with Crippen molar-refractivity contribution in [3.8, 4) is 0 Å². The lowest BCUT2D eigenvalue weighted by atomic mass is 9.99. The first-order valence-electron chi connectivity index (χ1n) is 17.6. The Labute approximate surface area is 305 Å². The molecule has 0 spiro atoms. The molecule has 0 aliphatic carbocycles. The number of amides is 2. The first-order valence-corrected chi connectivity index (χ1v) is 17.6. The quantitative estimate of drug-likeness (QED) is 0.104. The monoisotopic (exact) mass is 699 g/mol. The molecule has 1 heterocycles. The molecule has 4 unspecified atom stereocenters. The van der Waals surface area contributed by atoms with Crippen LogP contribution in [0.4, 0.5) is 10.5 Å². The third kappa shape index (κ3) is 10.4. The van der Waals surface area contributed by atoms with E-state index in [0.717, 1.165) is 35.3 Å². The van der Waals surface area contributed by atoms with Crippen LogP contribution in [-0.2, 0) is 45.1 Å². The zero-order chi connectivity index (χ0) is 36.1. The predicted molar refractivity (Wildman–Crippen MR) is 200 cm³/mol. The lowest BCUT2D eigenvalue weighted by Gasteiger charge is -2.38. The highest BCUT2D eigenvalue weighted by Crippen LogP contribution is 2.38. The Morgan fingerprint density at radius 2 is 1.29 bits per heavy atom. The van der Waals surface area contributed by atoms with Crippen molar-refractivity contribution < 1.29 is 28.9 Å². The molecule has 1 aliphatic heterocycles. The number of anilines is 1. The van der Waals surface area contributed by atoms with Gasteiger partial charge in [-0.3, -0.25) is 4.90 Å². The zero-order valence-corrected chi connectivity index (χ0v) is 29.3. The lowest BCUT2D eigenvalue weighted by Crippen LogP contribution is -2.45.